The van der Waals surface area contributed by atoms with E-state index in [4.69, 9.17) is 0 Å². The lowest BCUT2D eigenvalue weighted by molar-refractivity contribution is -0.384. The Balaban J connectivity index is 1.55. The Labute approximate surface area is 208 Å². The number of likely N-dealkylation sites (tertiary alicyclic amines) is 1. The fourth-order valence-electron chi connectivity index (χ4n) is 4.49. The monoisotopic (exact) mass is 491 g/mol. The molecule has 1 aromatic heterocycles. The molecule has 1 fully saturated rings. The normalized spacial score (nSPS) is 19.7. The van der Waals surface area contributed by atoms with Crippen LogP contribution in [0.1, 0.15) is 48.5 Å². The number of non-ortho nitro benzene ring substituents is 1. The number of hydrogen-bond acceptors (Lipinski definition) is 7. The first-order chi connectivity index (χ1) is 17.2. The van der Waals surface area contributed by atoms with E-state index in [1.54, 1.807) is 24.4 Å². The van der Waals surface area contributed by atoms with Crippen LogP contribution in [0.3, 0.4) is 0 Å². The maximum atomic E-state index is 13.1. The van der Waals surface area contributed by atoms with Crippen molar-refractivity contribution < 1.29 is 19.6 Å². The summed E-state index contributed by atoms with van der Waals surface area (Å²) in [6.45, 7) is 4.65. The Hall–Kier alpha value is -4.05. The number of aliphatic hydroxyl groups is 1. The average molecular weight is 492 g/mol. The molecule has 1 aliphatic carbocycles. The molecule has 10 heteroatoms. The molecule has 0 bridgehead atoms. The van der Waals surface area contributed by atoms with Gasteiger partial charge in [-0.05, 0) is 56.4 Å². The van der Waals surface area contributed by atoms with Crippen molar-refractivity contribution >= 4 is 29.0 Å². The van der Waals surface area contributed by atoms with Gasteiger partial charge in [0, 0.05) is 42.1 Å². The van der Waals surface area contributed by atoms with Crippen molar-refractivity contribution in [1.29, 1.82) is 0 Å². The van der Waals surface area contributed by atoms with E-state index < -0.39 is 23.0 Å². The molecule has 2 atom stereocenters. The number of nitrogens with one attached hydrogen (secondary N) is 2. The minimum atomic E-state index is -0.627. The molecule has 0 radical (unpaired) electrons. The van der Waals surface area contributed by atoms with Crippen molar-refractivity contribution in [3.63, 3.8) is 0 Å². The number of nitro groups is 1. The second kappa shape index (κ2) is 10.7. The van der Waals surface area contributed by atoms with Crippen LogP contribution < -0.4 is 10.6 Å². The third-order valence-corrected chi connectivity index (χ3v) is 6.44. The SMILES string of the molecule is Cc1ccc(NC(=O)c2cc([N+](=O)[O-])ccc2NC(=O)C2=CC=C(N3CCCCC3O)[C@H](C)C2)nc1. The van der Waals surface area contributed by atoms with Gasteiger partial charge < -0.3 is 20.6 Å². The molecule has 4 rings (SSSR count). The van der Waals surface area contributed by atoms with Gasteiger partial charge in [-0.3, -0.25) is 19.7 Å². The van der Waals surface area contributed by atoms with Crippen LogP contribution in [0.15, 0.2) is 60.0 Å². The van der Waals surface area contributed by atoms with Crippen LogP contribution >= 0.6 is 0 Å². The minimum absolute atomic E-state index is 0.0238. The zero-order valence-corrected chi connectivity index (χ0v) is 20.2. The van der Waals surface area contributed by atoms with Crippen molar-refractivity contribution in [2.45, 2.75) is 45.8 Å². The molecule has 188 valence electrons. The van der Waals surface area contributed by atoms with E-state index in [0.717, 1.165) is 43.1 Å². The Morgan fingerprint density at radius 1 is 1.14 bits per heavy atom. The van der Waals surface area contributed by atoms with Crippen LogP contribution in [0.4, 0.5) is 17.2 Å². The van der Waals surface area contributed by atoms with Crippen molar-refractivity contribution in [3.8, 4) is 0 Å². The van der Waals surface area contributed by atoms with Gasteiger partial charge in [0.25, 0.3) is 17.5 Å². The van der Waals surface area contributed by atoms with Gasteiger partial charge in [-0.2, -0.15) is 0 Å². The largest absolute Gasteiger partial charge is 0.374 e. The van der Waals surface area contributed by atoms with Gasteiger partial charge in [0.05, 0.1) is 16.2 Å². The van der Waals surface area contributed by atoms with Crippen LogP contribution in [-0.2, 0) is 4.79 Å². The zero-order valence-electron chi connectivity index (χ0n) is 20.2. The Bertz CT molecular complexity index is 1240. The number of benzene rings is 1. The van der Waals surface area contributed by atoms with Crippen molar-refractivity contribution in [1.82, 2.24) is 9.88 Å². The highest BCUT2D eigenvalue weighted by atomic mass is 16.6. The summed E-state index contributed by atoms with van der Waals surface area (Å²) in [5.41, 5.74) is 2.27. The summed E-state index contributed by atoms with van der Waals surface area (Å²) in [6.07, 6.45) is 7.87. The molecular formula is C26H29N5O5. The highest BCUT2D eigenvalue weighted by Gasteiger charge is 2.29. The lowest BCUT2D eigenvalue weighted by Crippen LogP contribution is -2.41. The smallest absolute Gasteiger partial charge is 0.270 e. The van der Waals surface area contributed by atoms with E-state index in [1.807, 2.05) is 24.8 Å². The van der Waals surface area contributed by atoms with Gasteiger partial charge in [0.2, 0.25) is 0 Å². The maximum Gasteiger partial charge on any atom is 0.270 e. The molecular weight excluding hydrogens is 462 g/mol. The van der Waals surface area contributed by atoms with Crippen LogP contribution in [-0.4, -0.2) is 44.5 Å². The highest BCUT2D eigenvalue weighted by molar-refractivity contribution is 6.12. The zero-order chi connectivity index (χ0) is 25.8. The fourth-order valence-corrected chi connectivity index (χ4v) is 4.49. The number of aromatic nitrogens is 1. The molecule has 36 heavy (non-hydrogen) atoms. The van der Waals surface area contributed by atoms with Crippen LogP contribution in [0, 0.1) is 23.0 Å². The summed E-state index contributed by atoms with van der Waals surface area (Å²) in [7, 11) is 0. The summed E-state index contributed by atoms with van der Waals surface area (Å²) < 4.78 is 0. The predicted octanol–water partition coefficient (Wildman–Crippen LogP) is 4.14. The number of rotatable bonds is 6. The number of allylic oxidation sites excluding steroid dienone is 3. The summed E-state index contributed by atoms with van der Waals surface area (Å²) in [5.74, 6) is -0.711. The number of aryl methyl sites for hydroxylation is 1. The summed E-state index contributed by atoms with van der Waals surface area (Å²) in [6, 6.07) is 7.13. The average Bonchev–Trinajstić information content (AvgIpc) is 2.86. The number of nitro benzene ring substituents is 1. The van der Waals surface area contributed by atoms with E-state index in [1.165, 1.54) is 12.1 Å². The van der Waals surface area contributed by atoms with Crippen molar-refractivity contribution in [2.75, 3.05) is 17.2 Å². The number of hydrogen-bond donors (Lipinski definition) is 3. The summed E-state index contributed by atoms with van der Waals surface area (Å²) >= 11 is 0. The van der Waals surface area contributed by atoms with E-state index in [0.29, 0.717) is 12.0 Å². The Kier molecular flexibility index (Phi) is 7.44. The number of aliphatic hydroxyl groups excluding tert-OH is 1. The first-order valence-electron chi connectivity index (χ1n) is 11.9. The number of carbonyl (C=O) groups is 2. The Morgan fingerprint density at radius 3 is 2.61 bits per heavy atom. The van der Waals surface area contributed by atoms with E-state index in [-0.39, 0.29) is 28.7 Å². The molecule has 2 aromatic rings. The standard InChI is InChI=1S/C26H29N5O5/c1-16-6-11-23(27-15-16)29-26(34)20-14-19(31(35)36)8-9-21(20)28-25(33)18-7-10-22(17(2)13-18)30-12-4-3-5-24(30)32/h6-11,14-15,17,24,32H,3-5,12-13H2,1-2H3,(H,28,33)(H,27,29,34)/t17-,24?/m1/s1. The van der Waals surface area contributed by atoms with Gasteiger partial charge in [-0.15, -0.1) is 0 Å². The van der Waals surface area contributed by atoms with Crippen LogP contribution in [0.25, 0.3) is 0 Å². The Morgan fingerprint density at radius 2 is 1.94 bits per heavy atom. The molecule has 3 N–H and O–H groups in total. The fraction of sp³-hybridized carbons (Fsp3) is 0.346. The molecule has 2 aliphatic rings. The van der Waals surface area contributed by atoms with Gasteiger partial charge in [-0.25, -0.2) is 4.98 Å². The summed E-state index contributed by atoms with van der Waals surface area (Å²) in [4.78, 5) is 42.9. The van der Waals surface area contributed by atoms with Gasteiger partial charge >= 0.3 is 0 Å². The number of nitrogens with zero attached hydrogens (tertiary/aromatic N) is 3. The molecule has 1 unspecified atom stereocenters. The van der Waals surface area contributed by atoms with E-state index in [9.17, 15) is 24.8 Å². The minimum Gasteiger partial charge on any atom is -0.374 e. The molecule has 1 aliphatic heterocycles. The number of anilines is 2. The first-order valence-corrected chi connectivity index (χ1v) is 11.9. The second-order valence-electron chi connectivity index (χ2n) is 9.17. The molecule has 10 nitrogen and oxygen atoms in total. The van der Waals surface area contributed by atoms with Gasteiger partial charge in [0.1, 0.15) is 12.0 Å². The van der Waals surface area contributed by atoms with E-state index in [2.05, 4.69) is 15.6 Å². The maximum absolute atomic E-state index is 13.1. The third-order valence-electron chi connectivity index (χ3n) is 6.44. The predicted molar refractivity (Wildman–Crippen MR) is 135 cm³/mol. The lowest BCUT2D eigenvalue weighted by Gasteiger charge is -2.39. The second-order valence-corrected chi connectivity index (χ2v) is 9.17. The topological polar surface area (TPSA) is 138 Å². The number of piperidine rings is 1. The number of pyridine rings is 1. The number of amides is 2. The third kappa shape index (κ3) is 5.60. The molecule has 0 saturated carbocycles. The van der Waals surface area contributed by atoms with Crippen LogP contribution in [0.2, 0.25) is 0 Å². The first kappa shape index (κ1) is 25.1. The molecule has 0 spiro atoms. The molecule has 1 aromatic carbocycles. The van der Waals surface area contributed by atoms with Crippen LogP contribution in [0.5, 0.6) is 0 Å². The summed E-state index contributed by atoms with van der Waals surface area (Å²) in [5, 5.41) is 27.0. The quantitative estimate of drug-likeness (QED) is 0.408. The molecule has 2 heterocycles. The molecule has 1 saturated heterocycles. The number of carbonyl (C=O) groups excluding carboxylic acids is 2. The van der Waals surface area contributed by atoms with Gasteiger partial charge in [0.15, 0.2) is 0 Å². The van der Waals surface area contributed by atoms with Gasteiger partial charge in [-0.1, -0.05) is 19.1 Å². The van der Waals surface area contributed by atoms with E-state index >= 15 is 0 Å². The van der Waals surface area contributed by atoms with Crippen molar-refractivity contribution in [3.05, 3.63) is 81.2 Å². The van der Waals surface area contributed by atoms with Crippen molar-refractivity contribution in [2.24, 2.45) is 5.92 Å². The molecule has 2 amide bonds. The lowest BCUT2D eigenvalue weighted by atomic mass is 9.90. The highest BCUT2D eigenvalue weighted by Crippen LogP contribution is 2.32.